The minimum atomic E-state index is -0.320. The van der Waals surface area contributed by atoms with Crippen LogP contribution < -0.4 is 5.73 Å². The molecule has 0 spiro atoms. The molecule has 0 atom stereocenters. The largest absolute Gasteiger partial charge is 0.397 e. The van der Waals surface area contributed by atoms with E-state index in [4.69, 9.17) is 5.73 Å². The lowest BCUT2D eigenvalue weighted by Gasteiger charge is -2.08. The molecule has 0 saturated carbocycles. The van der Waals surface area contributed by atoms with Crippen molar-refractivity contribution in [3.8, 4) is 6.07 Å². The van der Waals surface area contributed by atoms with E-state index in [1.54, 1.807) is 6.07 Å². The maximum Gasteiger partial charge on any atom is 0.124 e. The molecule has 0 aliphatic rings. The molecule has 0 aliphatic carbocycles. The van der Waals surface area contributed by atoms with Gasteiger partial charge in [0, 0.05) is 9.13 Å². The summed E-state index contributed by atoms with van der Waals surface area (Å²) in [5, 5.41) is 9.29. The van der Waals surface area contributed by atoms with Crippen LogP contribution in [0.4, 0.5) is 4.39 Å². The van der Waals surface area contributed by atoms with E-state index in [2.05, 4.69) is 6.07 Å². The SMILES string of the molecule is N#C/C(=C(/N)c1ccc(F)cc1I)c1ccccc1. The average Bonchev–Trinajstić information content (AvgIpc) is 2.40. The predicted octanol–water partition coefficient (Wildman–Crippen LogP) is 3.78. The van der Waals surface area contributed by atoms with Crippen molar-refractivity contribution in [3.63, 3.8) is 0 Å². The van der Waals surface area contributed by atoms with E-state index in [-0.39, 0.29) is 5.82 Å². The maximum absolute atomic E-state index is 13.1. The third-order valence-corrected chi connectivity index (χ3v) is 3.56. The molecule has 2 aromatic rings. The first kappa shape index (κ1) is 13.6. The molecular weight excluding hydrogens is 354 g/mol. The molecule has 94 valence electrons. The van der Waals surface area contributed by atoms with Gasteiger partial charge in [0.05, 0.1) is 11.3 Å². The lowest BCUT2D eigenvalue weighted by Crippen LogP contribution is -2.03. The molecule has 0 fully saturated rings. The Labute approximate surface area is 124 Å². The molecule has 2 nitrogen and oxygen atoms in total. The molecule has 0 unspecified atom stereocenters. The summed E-state index contributed by atoms with van der Waals surface area (Å²) in [7, 11) is 0. The van der Waals surface area contributed by atoms with E-state index in [1.807, 2.05) is 52.9 Å². The minimum Gasteiger partial charge on any atom is -0.397 e. The number of nitrogens with two attached hydrogens (primary N) is 1. The highest BCUT2D eigenvalue weighted by molar-refractivity contribution is 14.1. The zero-order chi connectivity index (χ0) is 13.8. The first-order chi connectivity index (χ1) is 9.13. The van der Waals surface area contributed by atoms with E-state index < -0.39 is 0 Å². The van der Waals surface area contributed by atoms with Gasteiger partial charge in [-0.25, -0.2) is 4.39 Å². The zero-order valence-corrected chi connectivity index (χ0v) is 12.1. The van der Waals surface area contributed by atoms with Gasteiger partial charge in [0.15, 0.2) is 0 Å². The topological polar surface area (TPSA) is 49.8 Å². The van der Waals surface area contributed by atoms with Crippen LogP contribution in [-0.4, -0.2) is 0 Å². The molecule has 2 aromatic carbocycles. The van der Waals surface area contributed by atoms with Crippen molar-refractivity contribution < 1.29 is 4.39 Å². The second-order valence-electron chi connectivity index (χ2n) is 3.89. The number of rotatable bonds is 2. The van der Waals surface area contributed by atoms with Gasteiger partial charge in [0.2, 0.25) is 0 Å². The number of benzene rings is 2. The Bertz CT molecular complexity index is 672. The van der Waals surface area contributed by atoms with E-state index in [1.165, 1.54) is 12.1 Å². The minimum absolute atomic E-state index is 0.320. The van der Waals surface area contributed by atoms with E-state index in [0.29, 0.717) is 20.4 Å². The Hall–Kier alpha value is -1.87. The molecule has 0 aliphatic heterocycles. The van der Waals surface area contributed by atoms with Crippen LogP contribution >= 0.6 is 22.6 Å². The Kier molecular flexibility index (Phi) is 4.17. The number of hydrogen-bond acceptors (Lipinski definition) is 2. The summed E-state index contributed by atoms with van der Waals surface area (Å²) in [4.78, 5) is 0. The van der Waals surface area contributed by atoms with Crippen molar-refractivity contribution in [1.82, 2.24) is 0 Å². The van der Waals surface area contributed by atoms with E-state index >= 15 is 0 Å². The van der Waals surface area contributed by atoms with Gasteiger partial charge in [-0.3, -0.25) is 0 Å². The highest BCUT2D eigenvalue weighted by Crippen LogP contribution is 2.25. The fourth-order valence-corrected chi connectivity index (χ4v) is 2.50. The van der Waals surface area contributed by atoms with Gasteiger partial charge in [-0.05, 0) is 46.4 Å². The summed E-state index contributed by atoms with van der Waals surface area (Å²) < 4.78 is 13.8. The number of nitriles is 1. The molecule has 0 radical (unpaired) electrons. The number of allylic oxidation sites excluding steroid dienone is 1. The maximum atomic E-state index is 13.1. The Morgan fingerprint density at radius 2 is 1.84 bits per heavy atom. The molecule has 0 amide bonds. The Morgan fingerprint density at radius 3 is 2.42 bits per heavy atom. The van der Waals surface area contributed by atoms with Crippen LogP contribution in [0.25, 0.3) is 11.3 Å². The highest BCUT2D eigenvalue weighted by atomic mass is 127. The fraction of sp³-hybridized carbons (Fsp3) is 0. The zero-order valence-electron chi connectivity index (χ0n) is 9.90. The third kappa shape index (κ3) is 2.93. The molecule has 0 bridgehead atoms. The van der Waals surface area contributed by atoms with Crippen molar-refractivity contribution in [2.75, 3.05) is 0 Å². The van der Waals surface area contributed by atoms with Crippen LogP contribution in [0.3, 0.4) is 0 Å². The predicted molar refractivity (Wildman–Crippen MR) is 82.2 cm³/mol. The fourth-order valence-electron chi connectivity index (χ4n) is 1.73. The quantitative estimate of drug-likeness (QED) is 0.501. The summed E-state index contributed by atoms with van der Waals surface area (Å²) in [6.07, 6.45) is 0. The van der Waals surface area contributed by atoms with Gasteiger partial charge in [-0.2, -0.15) is 5.26 Å². The van der Waals surface area contributed by atoms with Crippen LogP contribution in [0.2, 0.25) is 0 Å². The lowest BCUT2D eigenvalue weighted by molar-refractivity contribution is 0.626. The summed E-state index contributed by atoms with van der Waals surface area (Å²) in [5.74, 6) is -0.320. The standard InChI is InChI=1S/C15H10FIN2/c16-11-6-7-12(14(17)8-11)15(19)13(9-18)10-4-2-1-3-5-10/h1-8H,19H2/b15-13-. The van der Waals surface area contributed by atoms with Crippen molar-refractivity contribution >= 4 is 33.9 Å². The van der Waals surface area contributed by atoms with Gasteiger partial charge in [-0.1, -0.05) is 30.3 Å². The second-order valence-corrected chi connectivity index (χ2v) is 5.05. The first-order valence-corrected chi connectivity index (χ1v) is 6.62. The van der Waals surface area contributed by atoms with Crippen LogP contribution in [0.5, 0.6) is 0 Å². The van der Waals surface area contributed by atoms with Crippen molar-refractivity contribution in [2.24, 2.45) is 5.73 Å². The van der Waals surface area contributed by atoms with Crippen LogP contribution in [0, 0.1) is 20.7 Å². The van der Waals surface area contributed by atoms with Gasteiger partial charge >= 0.3 is 0 Å². The van der Waals surface area contributed by atoms with Crippen LogP contribution in [0.1, 0.15) is 11.1 Å². The first-order valence-electron chi connectivity index (χ1n) is 5.54. The number of hydrogen-bond donors (Lipinski definition) is 1. The monoisotopic (exact) mass is 364 g/mol. The molecular formula is C15H10FIN2. The molecule has 2 rings (SSSR count). The molecule has 0 aromatic heterocycles. The summed E-state index contributed by atoms with van der Waals surface area (Å²) >= 11 is 2.01. The van der Waals surface area contributed by atoms with Crippen LogP contribution in [-0.2, 0) is 0 Å². The normalized spacial score (nSPS) is 11.6. The van der Waals surface area contributed by atoms with E-state index in [9.17, 15) is 9.65 Å². The summed E-state index contributed by atoms with van der Waals surface area (Å²) in [5.41, 5.74) is 8.24. The molecule has 0 heterocycles. The highest BCUT2D eigenvalue weighted by Gasteiger charge is 2.11. The smallest absolute Gasteiger partial charge is 0.124 e. The van der Waals surface area contributed by atoms with E-state index in [0.717, 1.165) is 5.56 Å². The van der Waals surface area contributed by atoms with Crippen molar-refractivity contribution in [3.05, 3.63) is 69.0 Å². The molecule has 0 saturated heterocycles. The Morgan fingerprint density at radius 1 is 1.16 bits per heavy atom. The molecule has 19 heavy (non-hydrogen) atoms. The summed E-state index contributed by atoms with van der Waals surface area (Å²) in [6.45, 7) is 0. The van der Waals surface area contributed by atoms with Gasteiger partial charge in [-0.15, -0.1) is 0 Å². The third-order valence-electron chi connectivity index (χ3n) is 2.66. The van der Waals surface area contributed by atoms with Crippen molar-refractivity contribution in [1.29, 1.82) is 5.26 Å². The number of halogens is 2. The van der Waals surface area contributed by atoms with Gasteiger partial charge < -0.3 is 5.73 Å². The van der Waals surface area contributed by atoms with Gasteiger partial charge in [0.1, 0.15) is 11.9 Å². The molecule has 4 heteroatoms. The summed E-state index contributed by atoms with van der Waals surface area (Å²) in [6, 6.07) is 15.6. The average molecular weight is 364 g/mol. The van der Waals surface area contributed by atoms with Gasteiger partial charge in [0.25, 0.3) is 0 Å². The second kappa shape index (κ2) is 5.85. The number of nitrogens with zero attached hydrogens (tertiary/aromatic N) is 1. The molecule has 2 N–H and O–H groups in total. The van der Waals surface area contributed by atoms with Crippen molar-refractivity contribution in [2.45, 2.75) is 0 Å². The van der Waals surface area contributed by atoms with Crippen LogP contribution in [0.15, 0.2) is 48.5 Å². The Balaban J connectivity index is 2.59. The lowest BCUT2D eigenvalue weighted by atomic mass is 10.0.